The van der Waals surface area contributed by atoms with Gasteiger partial charge in [-0.05, 0) is 72.5 Å². The molecule has 4 aromatic rings. The van der Waals surface area contributed by atoms with Gasteiger partial charge in [0.15, 0.2) is 5.13 Å². The molecule has 0 radical (unpaired) electrons. The van der Waals surface area contributed by atoms with Crippen LogP contribution < -0.4 is 5.32 Å². The van der Waals surface area contributed by atoms with Gasteiger partial charge in [0.2, 0.25) is 10.0 Å². The molecule has 3 aromatic carbocycles. The predicted molar refractivity (Wildman–Crippen MR) is 148 cm³/mol. The molecule has 0 fully saturated rings. The van der Waals surface area contributed by atoms with Gasteiger partial charge in [-0.15, -0.1) is 0 Å². The number of thiazole rings is 1. The van der Waals surface area contributed by atoms with Crippen molar-refractivity contribution in [3.63, 3.8) is 0 Å². The molecule has 8 heteroatoms. The van der Waals surface area contributed by atoms with Crippen molar-refractivity contribution in [2.24, 2.45) is 0 Å². The molecule has 0 spiro atoms. The number of anilines is 1. The van der Waals surface area contributed by atoms with Gasteiger partial charge in [-0.1, -0.05) is 56.2 Å². The van der Waals surface area contributed by atoms with Crippen LogP contribution in [0.2, 0.25) is 0 Å². The highest BCUT2D eigenvalue weighted by Gasteiger charge is 2.24. The Labute approximate surface area is 216 Å². The number of aryl methyl sites for hydroxylation is 2. The number of sulfonamides is 1. The molecule has 1 aromatic heterocycles. The van der Waals surface area contributed by atoms with E-state index in [1.54, 1.807) is 16.4 Å². The first kappa shape index (κ1) is 24.9. The van der Waals surface area contributed by atoms with Crippen LogP contribution in [-0.2, 0) is 22.9 Å². The van der Waals surface area contributed by atoms with Gasteiger partial charge < -0.3 is 0 Å². The minimum Gasteiger partial charge on any atom is -0.298 e. The molecule has 0 unspecified atom stereocenters. The molecule has 1 N–H and O–H groups in total. The number of nitrogens with one attached hydrogen (secondary N) is 1. The Hall–Kier alpha value is -2.81. The molecule has 5 rings (SSSR count). The number of nitrogens with zero attached hydrogens (tertiary/aromatic N) is 2. The average Bonchev–Trinajstić information content (AvgIpc) is 3.49. The molecular formula is C28H31N3O3S2. The number of hydrogen-bond acceptors (Lipinski definition) is 5. The van der Waals surface area contributed by atoms with Gasteiger partial charge in [0, 0.05) is 24.0 Å². The van der Waals surface area contributed by atoms with Crippen LogP contribution in [0.3, 0.4) is 0 Å². The predicted octanol–water partition coefficient (Wildman–Crippen LogP) is 6.39. The molecule has 36 heavy (non-hydrogen) atoms. The number of carbonyl (C=O) groups is 1. The largest absolute Gasteiger partial charge is 0.298 e. The van der Waals surface area contributed by atoms with Crippen LogP contribution in [-0.4, -0.2) is 36.7 Å². The summed E-state index contributed by atoms with van der Waals surface area (Å²) in [6, 6.07) is 14.8. The molecule has 188 valence electrons. The fraction of sp³-hybridized carbons (Fsp3) is 0.357. The lowest BCUT2D eigenvalue weighted by Gasteiger charge is -2.22. The van der Waals surface area contributed by atoms with Crippen molar-refractivity contribution in [3.8, 4) is 0 Å². The van der Waals surface area contributed by atoms with Crippen molar-refractivity contribution in [1.82, 2.24) is 9.29 Å². The Morgan fingerprint density at radius 3 is 2.39 bits per heavy atom. The van der Waals surface area contributed by atoms with Crippen molar-refractivity contribution in [1.29, 1.82) is 0 Å². The van der Waals surface area contributed by atoms with Gasteiger partial charge in [0.1, 0.15) is 0 Å². The quantitative estimate of drug-likeness (QED) is 0.262. The SMILES string of the molecule is CCCCN(CCCC)S(=O)(=O)c1ccc(C(=O)Nc2nc3c(cc4c5c(cccc53)CC4)s2)cc1. The zero-order valence-electron chi connectivity index (χ0n) is 20.7. The topological polar surface area (TPSA) is 79.4 Å². The number of hydrogen-bond donors (Lipinski definition) is 1. The van der Waals surface area contributed by atoms with Crippen LogP contribution in [0, 0.1) is 0 Å². The standard InChI is InChI=1S/C28H31N3O3S2/c1-3-5-16-31(17-6-4-2)36(33,34)22-14-12-20(13-15-22)27(32)30-28-29-26-23-9-7-8-19-10-11-21(25(19)23)18-24(26)35-28/h7-9,12-15,18H,3-6,10-11,16-17H2,1-2H3,(H,29,30,32). The highest BCUT2D eigenvalue weighted by atomic mass is 32.2. The van der Waals surface area contributed by atoms with Gasteiger partial charge in [-0.25, -0.2) is 13.4 Å². The lowest BCUT2D eigenvalue weighted by atomic mass is 10.0. The number of aromatic nitrogens is 1. The van der Waals surface area contributed by atoms with Crippen molar-refractivity contribution >= 4 is 53.4 Å². The zero-order valence-corrected chi connectivity index (χ0v) is 22.3. The van der Waals surface area contributed by atoms with Crippen LogP contribution in [0.15, 0.2) is 53.4 Å². The fourth-order valence-electron chi connectivity index (χ4n) is 4.88. The third-order valence-corrected chi connectivity index (χ3v) is 9.68. The maximum absolute atomic E-state index is 13.2. The summed E-state index contributed by atoms with van der Waals surface area (Å²) in [6.07, 6.45) is 5.61. The number of benzene rings is 3. The lowest BCUT2D eigenvalue weighted by molar-refractivity contribution is 0.102. The molecule has 0 saturated carbocycles. The van der Waals surface area contributed by atoms with E-state index in [0.717, 1.165) is 54.1 Å². The summed E-state index contributed by atoms with van der Waals surface area (Å²) in [6.45, 7) is 5.13. The van der Waals surface area contributed by atoms with Crippen LogP contribution in [0.5, 0.6) is 0 Å². The minimum absolute atomic E-state index is 0.218. The summed E-state index contributed by atoms with van der Waals surface area (Å²) in [5.74, 6) is -0.302. The van der Waals surface area contributed by atoms with E-state index >= 15 is 0 Å². The van der Waals surface area contributed by atoms with Crippen molar-refractivity contribution < 1.29 is 13.2 Å². The smallest absolute Gasteiger partial charge is 0.257 e. The number of amides is 1. The zero-order chi connectivity index (χ0) is 25.3. The molecule has 1 aliphatic carbocycles. The second-order valence-electron chi connectivity index (χ2n) is 9.33. The normalized spacial score (nSPS) is 13.2. The highest BCUT2D eigenvalue weighted by molar-refractivity contribution is 7.89. The first-order valence-electron chi connectivity index (χ1n) is 12.7. The summed E-state index contributed by atoms with van der Waals surface area (Å²) in [4.78, 5) is 17.9. The number of unbranched alkanes of at least 4 members (excludes halogenated alkanes) is 2. The Morgan fingerprint density at radius 2 is 1.69 bits per heavy atom. The van der Waals surface area contributed by atoms with Gasteiger partial charge in [-0.2, -0.15) is 4.31 Å². The summed E-state index contributed by atoms with van der Waals surface area (Å²) in [7, 11) is -3.60. The molecule has 0 bridgehead atoms. The lowest BCUT2D eigenvalue weighted by Crippen LogP contribution is -2.33. The van der Waals surface area contributed by atoms with E-state index in [1.165, 1.54) is 40.0 Å². The van der Waals surface area contributed by atoms with Crippen molar-refractivity contribution in [3.05, 3.63) is 65.2 Å². The van der Waals surface area contributed by atoms with E-state index < -0.39 is 10.0 Å². The highest BCUT2D eigenvalue weighted by Crippen LogP contribution is 2.39. The second-order valence-corrected chi connectivity index (χ2v) is 12.3. The van der Waals surface area contributed by atoms with Gasteiger partial charge in [0.25, 0.3) is 5.91 Å². The van der Waals surface area contributed by atoms with E-state index in [9.17, 15) is 13.2 Å². The van der Waals surface area contributed by atoms with Crippen LogP contribution >= 0.6 is 11.3 Å². The Morgan fingerprint density at radius 1 is 1.00 bits per heavy atom. The van der Waals surface area contributed by atoms with Crippen molar-refractivity contribution in [2.45, 2.75) is 57.3 Å². The fourth-order valence-corrected chi connectivity index (χ4v) is 7.34. The molecule has 6 nitrogen and oxygen atoms in total. The minimum atomic E-state index is -3.60. The summed E-state index contributed by atoms with van der Waals surface area (Å²) in [5, 5.41) is 5.89. The molecular weight excluding hydrogens is 490 g/mol. The maximum Gasteiger partial charge on any atom is 0.257 e. The van der Waals surface area contributed by atoms with Crippen molar-refractivity contribution in [2.75, 3.05) is 18.4 Å². The summed E-state index contributed by atoms with van der Waals surface area (Å²) >= 11 is 1.47. The average molecular weight is 522 g/mol. The van der Waals surface area contributed by atoms with E-state index in [2.05, 4.69) is 43.4 Å². The number of rotatable bonds is 10. The van der Waals surface area contributed by atoms with Crippen LogP contribution in [0.4, 0.5) is 5.13 Å². The molecule has 1 amide bonds. The van der Waals surface area contributed by atoms with Gasteiger partial charge in [0.05, 0.1) is 15.1 Å². The molecule has 0 atom stereocenters. The maximum atomic E-state index is 13.2. The summed E-state index contributed by atoms with van der Waals surface area (Å²) < 4.78 is 29.0. The third-order valence-electron chi connectivity index (χ3n) is 6.85. The van der Waals surface area contributed by atoms with Crippen LogP contribution in [0.1, 0.15) is 61.0 Å². The van der Waals surface area contributed by atoms with E-state index in [4.69, 9.17) is 4.98 Å². The van der Waals surface area contributed by atoms with Gasteiger partial charge in [-0.3, -0.25) is 10.1 Å². The second kappa shape index (κ2) is 10.3. The molecule has 1 heterocycles. The first-order chi connectivity index (χ1) is 17.4. The molecule has 0 aliphatic heterocycles. The van der Waals surface area contributed by atoms with E-state index in [-0.39, 0.29) is 10.8 Å². The van der Waals surface area contributed by atoms with Gasteiger partial charge >= 0.3 is 0 Å². The monoisotopic (exact) mass is 521 g/mol. The Bertz CT molecular complexity index is 1520. The molecule has 0 saturated heterocycles. The number of carbonyl (C=O) groups excluding carboxylic acids is 1. The third kappa shape index (κ3) is 4.65. The number of fused-ring (bicyclic) bond motifs is 2. The van der Waals surface area contributed by atoms with Crippen LogP contribution in [0.25, 0.3) is 21.0 Å². The van der Waals surface area contributed by atoms with E-state index in [1.807, 2.05) is 0 Å². The Balaban J connectivity index is 1.36. The first-order valence-corrected chi connectivity index (χ1v) is 14.9. The summed E-state index contributed by atoms with van der Waals surface area (Å²) in [5.41, 5.74) is 4.02. The molecule has 1 aliphatic rings. The van der Waals surface area contributed by atoms with E-state index in [0.29, 0.717) is 23.8 Å². The Kier molecular flexibility index (Phi) is 7.10.